The number of rotatable bonds is 1. The van der Waals surface area contributed by atoms with E-state index in [1.165, 1.54) is 12.8 Å². The fourth-order valence-corrected chi connectivity index (χ4v) is 1.62. The summed E-state index contributed by atoms with van der Waals surface area (Å²) in [5.41, 5.74) is -0.503. The first-order valence-corrected chi connectivity index (χ1v) is 4.54. The predicted molar refractivity (Wildman–Crippen MR) is 46.5 cm³/mol. The van der Waals surface area contributed by atoms with Crippen LogP contribution >= 0.6 is 0 Å². The van der Waals surface area contributed by atoms with E-state index < -0.39 is 5.60 Å². The predicted octanol–water partition coefficient (Wildman–Crippen LogP) is 1.15. The molecule has 1 fully saturated rings. The molecule has 1 unspecified atom stereocenters. The normalized spacial score (nSPS) is 28.1. The van der Waals surface area contributed by atoms with Gasteiger partial charge in [0.05, 0.1) is 5.60 Å². The monoisotopic (exact) mass is 157 g/mol. The van der Waals surface area contributed by atoms with Gasteiger partial charge in [0.2, 0.25) is 0 Å². The Hall–Kier alpha value is -0.0800. The summed E-state index contributed by atoms with van der Waals surface area (Å²) in [4.78, 5) is 0. The van der Waals surface area contributed by atoms with Gasteiger partial charge >= 0.3 is 0 Å². The lowest BCUT2D eigenvalue weighted by molar-refractivity contribution is 0.0155. The van der Waals surface area contributed by atoms with Crippen LogP contribution in [0, 0.1) is 5.92 Å². The van der Waals surface area contributed by atoms with E-state index in [0.29, 0.717) is 5.92 Å². The first-order valence-electron chi connectivity index (χ1n) is 4.54. The molecular formula is C9H19NO. The molecule has 1 saturated heterocycles. The van der Waals surface area contributed by atoms with Crippen LogP contribution in [0.3, 0.4) is 0 Å². The van der Waals surface area contributed by atoms with Gasteiger partial charge in [0, 0.05) is 6.54 Å². The van der Waals surface area contributed by atoms with E-state index in [0.717, 1.165) is 19.5 Å². The van der Waals surface area contributed by atoms with Gasteiger partial charge in [0.15, 0.2) is 0 Å². The quantitative estimate of drug-likeness (QED) is 0.598. The highest BCUT2D eigenvalue weighted by Crippen LogP contribution is 2.22. The fraction of sp³-hybridized carbons (Fsp3) is 1.00. The van der Waals surface area contributed by atoms with E-state index in [2.05, 4.69) is 5.32 Å². The van der Waals surface area contributed by atoms with Crippen molar-refractivity contribution in [2.45, 2.75) is 38.7 Å². The second-order valence-electron chi connectivity index (χ2n) is 4.05. The third kappa shape index (κ3) is 2.80. The molecule has 0 spiro atoms. The molecule has 11 heavy (non-hydrogen) atoms. The minimum Gasteiger partial charge on any atom is -0.390 e. The van der Waals surface area contributed by atoms with Gasteiger partial charge < -0.3 is 10.4 Å². The zero-order valence-electron chi connectivity index (χ0n) is 7.56. The fourth-order valence-electron chi connectivity index (χ4n) is 1.62. The Balaban J connectivity index is 2.43. The summed E-state index contributed by atoms with van der Waals surface area (Å²) in [7, 11) is 0. The standard InChI is InChI=1S/C9H19NO/c1-9(2,11)8-5-3-4-6-10-7-8/h8,10-11H,3-7H2,1-2H3. The lowest BCUT2D eigenvalue weighted by atomic mass is 9.87. The highest BCUT2D eigenvalue weighted by molar-refractivity contribution is 4.80. The first kappa shape index (κ1) is 9.01. The molecule has 1 heterocycles. The Morgan fingerprint density at radius 1 is 1.36 bits per heavy atom. The molecule has 0 amide bonds. The molecule has 2 N–H and O–H groups in total. The average Bonchev–Trinajstić information content (AvgIpc) is 2.10. The second kappa shape index (κ2) is 3.55. The molecule has 0 aromatic rings. The van der Waals surface area contributed by atoms with Crippen molar-refractivity contribution in [2.24, 2.45) is 5.92 Å². The van der Waals surface area contributed by atoms with Crippen LogP contribution in [0.25, 0.3) is 0 Å². The lowest BCUT2D eigenvalue weighted by Crippen LogP contribution is -2.37. The molecule has 0 aliphatic carbocycles. The zero-order valence-corrected chi connectivity index (χ0v) is 7.56. The maximum Gasteiger partial charge on any atom is 0.0631 e. The van der Waals surface area contributed by atoms with Gasteiger partial charge in [-0.1, -0.05) is 6.42 Å². The van der Waals surface area contributed by atoms with Crippen LogP contribution in [0.2, 0.25) is 0 Å². The van der Waals surface area contributed by atoms with Gasteiger partial charge in [-0.3, -0.25) is 0 Å². The number of hydrogen-bond donors (Lipinski definition) is 2. The van der Waals surface area contributed by atoms with Crippen LogP contribution in [0.1, 0.15) is 33.1 Å². The van der Waals surface area contributed by atoms with E-state index in [1.54, 1.807) is 0 Å². The maximum atomic E-state index is 9.73. The van der Waals surface area contributed by atoms with E-state index >= 15 is 0 Å². The van der Waals surface area contributed by atoms with Gasteiger partial charge in [-0.05, 0) is 39.2 Å². The van der Waals surface area contributed by atoms with Crippen LogP contribution in [-0.4, -0.2) is 23.8 Å². The summed E-state index contributed by atoms with van der Waals surface area (Å²) in [6.45, 7) is 5.91. The molecule has 1 atom stereocenters. The van der Waals surface area contributed by atoms with Crippen molar-refractivity contribution >= 4 is 0 Å². The van der Waals surface area contributed by atoms with Gasteiger partial charge in [0.25, 0.3) is 0 Å². The minimum absolute atomic E-state index is 0.435. The topological polar surface area (TPSA) is 32.3 Å². The Bertz CT molecular complexity index is 109. The van der Waals surface area contributed by atoms with E-state index in [4.69, 9.17) is 0 Å². The van der Waals surface area contributed by atoms with Gasteiger partial charge in [0.1, 0.15) is 0 Å². The Morgan fingerprint density at radius 3 is 2.73 bits per heavy atom. The van der Waals surface area contributed by atoms with E-state index in [9.17, 15) is 5.11 Å². The van der Waals surface area contributed by atoms with Crippen molar-refractivity contribution in [3.05, 3.63) is 0 Å². The van der Waals surface area contributed by atoms with Crippen molar-refractivity contribution in [1.29, 1.82) is 0 Å². The summed E-state index contributed by atoms with van der Waals surface area (Å²) in [5.74, 6) is 0.435. The SMILES string of the molecule is CC(C)(O)C1CCCCNC1. The Morgan fingerprint density at radius 2 is 2.09 bits per heavy atom. The van der Waals surface area contributed by atoms with Crippen molar-refractivity contribution in [3.63, 3.8) is 0 Å². The van der Waals surface area contributed by atoms with Gasteiger partial charge in [-0.15, -0.1) is 0 Å². The van der Waals surface area contributed by atoms with E-state index in [-0.39, 0.29) is 0 Å². The molecule has 1 aliphatic heterocycles. The third-order valence-corrected chi connectivity index (χ3v) is 2.55. The van der Waals surface area contributed by atoms with Crippen molar-refractivity contribution in [1.82, 2.24) is 5.32 Å². The van der Waals surface area contributed by atoms with Crippen molar-refractivity contribution in [3.8, 4) is 0 Å². The average molecular weight is 157 g/mol. The van der Waals surface area contributed by atoms with Crippen molar-refractivity contribution in [2.75, 3.05) is 13.1 Å². The molecule has 0 aromatic carbocycles. The Kier molecular flexibility index (Phi) is 2.90. The molecule has 0 radical (unpaired) electrons. The van der Waals surface area contributed by atoms with Crippen molar-refractivity contribution < 1.29 is 5.11 Å². The smallest absolute Gasteiger partial charge is 0.0631 e. The molecule has 0 bridgehead atoms. The van der Waals surface area contributed by atoms with Gasteiger partial charge in [-0.25, -0.2) is 0 Å². The van der Waals surface area contributed by atoms with Crippen LogP contribution in [-0.2, 0) is 0 Å². The van der Waals surface area contributed by atoms with Crippen LogP contribution in [0.5, 0.6) is 0 Å². The molecule has 2 nitrogen and oxygen atoms in total. The molecule has 2 heteroatoms. The van der Waals surface area contributed by atoms with Crippen LogP contribution < -0.4 is 5.32 Å². The minimum atomic E-state index is -0.503. The second-order valence-corrected chi connectivity index (χ2v) is 4.05. The first-order chi connectivity index (χ1) is 5.11. The summed E-state index contributed by atoms with van der Waals surface area (Å²) in [5, 5.41) is 13.1. The molecule has 66 valence electrons. The summed E-state index contributed by atoms with van der Waals surface area (Å²) >= 11 is 0. The zero-order chi connectivity index (χ0) is 8.32. The van der Waals surface area contributed by atoms with Crippen LogP contribution in [0.4, 0.5) is 0 Å². The molecule has 0 aromatic heterocycles. The number of hydrogen-bond acceptors (Lipinski definition) is 2. The molecular weight excluding hydrogens is 138 g/mol. The van der Waals surface area contributed by atoms with E-state index in [1.807, 2.05) is 13.8 Å². The summed E-state index contributed by atoms with van der Waals surface area (Å²) in [6, 6.07) is 0. The third-order valence-electron chi connectivity index (χ3n) is 2.55. The van der Waals surface area contributed by atoms with Gasteiger partial charge in [-0.2, -0.15) is 0 Å². The lowest BCUT2D eigenvalue weighted by Gasteiger charge is -2.27. The Labute approximate surface area is 69.0 Å². The molecule has 1 aliphatic rings. The number of nitrogens with one attached hydrogen (secondary N) is 1. The molecule has 1 rings (SSSR count). The van der Waals surface area contributed by atoms with Crippen LogP contribution in [0.15, 0.2) is 0 Å². The largest absolute Gasteiger partial charge is 0.390 e. The maximum absolute atomic E-state index is 9.73. The molecule has 0 saturated carbocycles. The summed E-state index contributed by atoms with van der Waals surface area (Å²) in [6.07, 6.45) is 3.67. The number of aliphatic hydroxyl groups is 1. The highest BCUT2D eigenvalue weighted by atomic mass is 16.3. The summed E-state index contributed by atoms with van der Waals surface area (Å²) < 4.78 is 0. The highest BCUT2D eigenvalue weighted by Gasteiger charge is 2.26.